The molecule has 0 aliphatic rings. The maximum atomic E-state index is 15.0. The van der Waals surface area contributed by atoms with Crippen LogP contribution in [-0.4, -0.2) is 52.4 Å². The minimum Gasteiger partial charge on any atom is -0.489 e. The number of benzene rings is 1. The number of fused-ring (bicyclic) bond motifs is 2. The lowest BCUT2D eigenvalue weighted by Crippen LogP contribution is -2.24. The first kappa shape index (κ1) is 19.9. The molecule has 0 bridgehead atoms. The summed E-state index contributed by atoms with van der Waals surface area (Å²) in [5.74, 6) is 0.287. The van der Waals surface area contributed by atoms with Crippen molar-refractivity contribution >= 4 is 16.4 Å². The molecule has 0 aliphatic carbocycles. The van der Waals surface area contributed by atoms with E-state index in [1.54, 1.807) is 35.1 Å². The van der Waals surface area contributed by atoms with Gasteiger partial charge in [-0.25, -0.2) is 13.6 Å². The molecule has 0 aliphatic heterocycles. The number of rotatable bonds is 7. The molecule has 4 heterocycles. The second-order valence-corrected chi connectivity index (χ2v) is 7.46. The van der Waals surface area contributed by atoms with Gasteiger partial charge in [0.05, 0.1) is 18.9 Å². The summed E-state index contributed by atoms with van der Waals surface area (Å²) < 4.78 is 29.7. The highest BCUT2D eigenvalue weighted by atomic mass is 19.1. The van der Waals surface area contributed by atoms with E-state index in [-0.39, 0.29) is 24.8 Å². The third-order valence-electron chi connectivity index (χ3n) is 5.09. The number of aliphatic hydroxyl groups excluding tert-OH is 1. The standard InChI is InChI=1S/C21H20FN7O3/c1-12-7-15-16(26-12)3-4-17(19(15)22)32-21-20-13(2)18(9-29(20)25-11-23-21)31-10-14(30)8-28-6-5-24-27-28/h3-7,9,11,14,26,30H,8,10H2,1-2H3/t14-/m0/s1. The van der Waals surface area contributed by atoms with Gasteiger partial charge in [-0.3, -0.25) is 0 Å². The molecule has 1 atom stereocenters. The van der Waals surface area contributed by atoms with Gasteiger partial charge in [0.25, 0.3) is 0 Å². The Balaban J connectivity index is 1.40. The molecule has 2 N–H and O–H groups in total. The monoisotopic (exact) mass is 437 g/mol. The van der Waals surface area contributed by atoms with Crippen LogP contribution in [0.25, 0.3) is 16.4 Å². The van der Waals surface area contributed by atoms with Crippen LogP contribution < -0.4 is 9.47 Å². The van der Waals surface area contributed by atoms with Crippen molar-refractivity contribution in [2.75, 3.05) is 6.61 Å². The molecule has 0 radical (unpaired) electrons. The summed E-state index contributed by atoms with van der Waals surface area (Å²) in [6, 6.07) is 5.05. The Hall–Kier alpha value is -3.99. The van der Waals surface area contributed by atoms with Gasteiger partial charge in [-0.1, -0.05) is 5.21 Å². The topological polar surface area (TPSA) is 115 Å². The van der Waals surface area contributed by atoms with Crippen LogP contribution in [0.5, 0.6) is 17.4 Å². The summed E-state index contributed by atoms with van der Waals surface area (Å²) in [6.07, 6.45) is 5.40. The van der Waals surface area contributed by atoms with Gasteiger partial charge < -0.3 is 19.6 Å². The Bertz CT molecular complexity index is 1390. The van der Waals surface area contributed by atoms with Crippen LogP contribution in [0.15, 0.2) is 43.1 Å². The zero-order chi connectivity index (χ0) is 22.2. The summed E-state index contributed by atoms with van der Waals surface area (Å²) >= 11 is 0. The van der Waals surface area contributed by atoms with Gasteiger partial charge in [-0.15, -0.1) is 5.10 Å². The van der Waals surface area contributed by atoms with Crippen molar-refractivity contribution < 1.29 is 19.0 Å². The van der Waals surface area contributed by atoms with E-state index in [4.69, 9.17) is 9.47 Å². The van der Waals surface area contributed by atoms with Crippen LogP contribution in [-0.2, 0) is 6.54 Å². The molecule has 0 saturated heterocycles. The lowest BCUT2D eigenvalue weighted by Gasteiger charge is -2.11. The predicted octanol–water partition coefficient (Wildman–Crippen LogP) is 2.79. The van der Waals surface area contributed by atoms with Gasteiger partial charge in [0.15, 0.2) is 11.6 Å². The van der Waals surface area contributed by atoms with Crippen LogP contribution in [0.2, 0.25) is 0 Å². The summed E-state index contributed by atoms with van der Waals surface area (Å²) in [5.41, 5.74) is 2.79. The summed E-state index contributed by atoms with van der Waals surface area (Å²) in [7, 11) is 0. The fourth-order valence-corrected chi connectivity index (χ4v) is 3.58. The molecular weight excluding hydrogens is 417 g/mol. The van der Waals surface area contributed by atoms with E-state index in [2.05, 4.69) is 25.4 Å². The number of ether oxygens (including phenoxy) is 2. The highest BCUT2D eigenvalue weighted by Gasteiger charge is 2.19. The Morgan fingerprint density at radius 3 is 2.94 bits per heavy atom. The van der Waals surface area contributed by atoms with Crippen molar-refractivity contribution in [1.82, 2.24) is 34.6 Å². The van der Waals surface area contributed by atoms with Crippen LogP contribution >= 0.6 is 0 Å². The number of nitrogens with one attached hydrogen (secondary N) is 1. The van der Waals surface area contributed by atoms with E-state index < -0.39 is 11.9 Å². The van der Waals surface area contributed by atoms with Crippen LogP contribution in [0.3, 0.4) is 0 Å². The summed E-state index contributed by atoms with van der Waals surface area (Å²) in [5, 5.41) is 22.4. The number of hydrogen-bond acceptors (Lipinski definition) is 7. The van der Waals surface area contributed by atoms with Gasteiger partial charge >= 0.3 is 0 Å². The first-order valence-corrected chi connectivity index (χ1v) is 9.93. The lowest BCUT2D eigenvalue weighted by molar-refractivity contribution is 0.0886. The second kappa shape index (κ2) is 7.93. The smallest absolute Gasteiger partial charge is 0.247 e. The number of hydrogen-bond donors (Lipinski definition) is 2. The number of aromatic amines is 1. The minimum atomic E-state index is -0.786. The fourth-order valence-electron chi connectivity index (χ4n) is 3.58. The number of aromatic nitrogens is 7. The quantitative estimate of drug-likeness (QED) is 0.402. The summed E-state index contributed by atoms with van der Waals surface area (Å²) in [4.78, 5) is 7.29. The molecule has 0 unspecified atom stereocenters. The first-order valence-electron chi connectivity index (χ1n) is 9.93. The molecule has 164 valence electrons. The Labute approximate surface area is 181 Å². The molecule has 32 heavy (non-hydrogen) atoms. The molecule has 11 heteroatoms. The minimum absolute atomic E-state index is 0.0410. The van der Waals surface area contributed by atoms with E-state index in [0.29, 0.717) is 27.7 Å². The largest absolute Gasteiger partial charge is 0.489 e. The molecule has 0 fully saturated rings. The summed E-state index contributed by atoms with van der Waals surface area (Å²) in [6.45, 7) is 3.97. The normalized spacial score (nSPS) is 12.5. The molecule has 4 aromatic heterocycles. The highest BCUT2D eigenvalue weighted by Crippen LogP contribution is 2.34. The van der Waals surface area contributed by atoms with Crippen molar-refractivity contribution in [2.45, 2.75) is 26.5 Å². The Morgan fingerprint density at radius 2 is 2.12 bits per heavy atom. The lowest BCUT2D eigenvalue weighted by atomic mass is 10.2. The number of nitrogens with zero attached hydrogens (tertiary/aromatic N) is 6. The van der Waals surface area contributed by atoms with E-state index in [9.17, 15) is 9.50 Å². The van der Waals surface area contributed by atoms with Crippen molar-refractivity contribution in [2.24, 2.45) is 0 Å². The van der Waals surface area contributed by atoms with Gasteiger partial charge in [0.1, 0.15) is 30.3 Å². The SMILES string of the molecule is Cc1cc2c(F)c(Oc3ncnn4cc(OC[C@@H](O)Cn5ccnn5)c(C)c34)ccc2[nH]1. The van der Waals surface area contributed by atoms with E-state index >= 15 is 0 Å². The highest BCUT2D eigenvalue weighted by molar-refractivity contribution is 5.83. The molecule has 0 spiro atoms. The number of aliphatic hydroxyl groups is 1. The molecule has 10 nitrogen and oxygen atoms in total. The zero-order valence-electron chi connectivity index (χ0n) is 17.4. The number of halogens is 1. The third-order valence-corrected chi connectivity index (χ3v) is 5.09. The molecule has 0 amide bonds. The van der Waals surface area contributed by atoms with E-state index in [0.717, 1.165) is 5.69 Å². The van der Waals surface area contributed by atoms with Gasteiger partial charge in [0.2, 0.25) is 5.88 Å². The number of aryl methyl sites for hydroxylation is 2. The molecule has 5 aromatic rings. The fraction of sp³-hybridized carbons (Fsp3) is 0.238. The van der Waals surface area contributed by atoms with Crippen LogP contribution in [0.4, 0.5) is 4.39 Å². The maximum Gasteiger partial charge on any atom is 0.247 e. The van der Waals surface area contributed by atoms with Crippen LogP contribution in [0, 0.1) is 19.7 Å². The molecular formula is C21H20FN7O3. The molecule has 0 saturated carbocycles. The van der Waals surface area contributed by atoms with Gasteiger partial charge in [-0.05, 0) is 32.0 Å². The van der Waals surface area contributed by atoms with E-state index in [1.165, 1.54) is 17.2 Å². The van der Waals surface area contributed by atoms with Crippen molar-refractivity contribution in [3.8, 4) is 17.4 Å². The average molecular weight is 437 g/mol. The Kier molecular flexibility index (Phi) is 4.94. The molecule has 1 aromatic carbocycles. The third kappa shape index (κ3) is 3.62. The first-order chi connectivity index (χ1) is 15.5. The number of H-pyrrole nitrogens is 1. The van der Waals surface area contributed by atoms with E-state index in [1.807, 2.05) is 13.8 Å². The second-order valence-electron chi connectivity index (χ2n) is 7.46. The maximum absolute atomic E-state index is 15.0. The average Bonchev–Trinajstić information content (AvgIpc) is 3.48. The zero-order valence-corrected chi connectivity index (χ0v) is 17.4. The van der Waals surface area contributed by atoms with Crippen LogP contribution in [0.1, 0.15) is 11.3 Å². The van der Waals surface area contributed by atoms with Gasteiger partial charge in [-0.2, -0.15) is 10.1 Å². The Morgan fingerprint density at radius 1 is 1.25 bits per heavy atom. The van der Waals surface area contributed by atoms with Crippen molar-refractivity contribution in [1.29, 1.82) is 0 Å². The van der Waals surface area contributed by atoms with Crippen molar-refractivity contribution in [3.63, 3.8) is 0 Å². The van der Waals surface area contributed by atoms with Crippen molar-refractivity contribution in [3.05, 3.63) is 60.2 Å². The molecule has 5 rings (SSSR count). The predicted molar refractivity (Wildman–Crippen MR) is 112 cm³/mol. The van der Waals surface area contributed by atoms with Gasteiger partial charge in [0, 0.05) is 28.4 Å².